The van der Waals surface area contributed by atoms with E-state index in [0.29, 0.717) is 11.7 Å². The maximum Gasteiger partial charge on any atom is 0.145 e. The monoisotopic (exact) mass is 283 g/mol. The summed E-state index contributed by atoms with van der Waals surface area (Å²) in [5.74, 6) is 1.74. The van der Waals surface area contributed by atoms with Crippen molar-refractivity contribution in [3.8, 4) is 5.75 Å². The van der Waals surface area contributed by atoms with Crippen molar-refractivity contribution >= 4 is 0 Å². The zero-order valence-corrected chi connectivity index (χ0v) is 12.3. The fraction of sp³-hybridized carbons (Fsp3) is 0.412. The van der Waals surface area contributed by atoms with Crippen LogP contribution in [0.15, 0.2) is 42.7 Å². The lowest BCUT2D eigenvalue weighted by atomic mass is 9.90. The molecular formula is C17H21N3O. The SMILES string of the molecule is C[C@H](c1ncccn1)N1CCC[C@H](c2ccc(O)cc2)C1. The van der Waals surface area contributed by atoms with Gasteiger partial charge in [-0.3, -0.25) is 4.90 Å². The summed E-state index contributed by atoms with van der Waals surface area (Å²) in [5.41, 5.74) is 1.30. The Balaban J connectivity index is 1.72. The van der Waals surface area contributed by atoms with Crippen LogP contribution in [-0.4, -0.2) is 33.1 Å². The lowest BCUT2D eigenvalue weighted by molar-refractivity contribution is 0.153. The van der Waals surface area contributed by atoms with E-state index in [-0.39, 0.29) is 6.04 Å². The van der Waals surface area contributed by atoms with Crippen LogP contribution in [0.3, 0.4) is 0 Å². The fourth-order valence-corrected chi connectivity index (χ4v) is 3.07. The summed E-state index contributed by atoms with van der Waals surface area (Å²) in [6.45, 7) is 4.28. The highest BCUT2D eigenvalue weighted by atomic mass is 16.3. The van der Waals surface area contributed by atoms with Crippen LogP contribution >= 0.6 is 0 Å². The van der Waals surface area contributed by atoms with Gasteiger partial charge in [0.2, 0.25) is 0 Å². The van der Waals surface area contributed by atoms with Gasteiger partial charge in [0.05, 0.1) is 6.04 Å². The van der Waals surface area contributed by atoms with Gasteiger partial charge in [-0.05, 0) is 56.0 Å². The first kappa shape index (κ1) is 14.0. The molecule has 0 aliphatic carbocycles. The van der Waals surface area contributed by atoms with Gasteiger partial charge < -0.3 is 5.11 Å². The predicted octanol–water partition coefficient (Wildman–Crippen LogP) is 3.12. The van der Waals surface area contributed by atoms with E-state index >= 15 is 0 Å². The molecule has 1 aliphatic rings. The number of hydrogen-bond acceptors (Lipinski definition) is 4. The van der Waals surface area contributed by atoms with Crippen LogP contribution in [0.1, 0.15) is 43.1 Å². The zero-order chi connectivity index (χ0) is 14.7. The third-order valence-corrected chi connectivity index (χ3v) is 4.32. The quantitative estimate of drug-likeness (QED) is 0.940. The fourth-order valence-electron chi connectivity index (χ4n) is 3.07. The third-order valence-electron chi connectivity index (χ3n) is 4.32. The van der Waals surface area contributed by atoms with Crippen LogP contribution in [0, 0.1) is 0 Å². The van der Waals surface area contributed by atoms with Crippen molar-refractivity contribution in [2.24, 2.45) is 0 Å². The van der Waals surface area contributed by atoms with E-state index in [1.165, 1.54) is 18.4 Å². The lowest BCUT2D eigenvalue weighted by Crippen LogP contribution is -2.36. The van der Waals surface area contributed by atoms with Crippen molar-refractivity contribution in [2.75, 3.05) is 13.1 Å². The average molecular weight is 283 g/mol. The Morgan fingerprint density at radius 2 is 1.90 bits per heavy atom. The van der Waals surface area contributed by atoms with E-state index in [4.69, 9.17) is 0 Å². The van der Waals surface area contributed by atoms with E-state index in [2.05, 4.69) is 21.8 Å². The number of piperidine rings is 1. The molecule has 1 N–H and O–H groups in total. The molecular weight excluding hydrogens is 262 g/mol. The Labute approximate surface area is 125 Å². The second-order valence-electron chi connectivity index (χ2n) is 5.71. The molecule has 1 saturated heterocycles. The Morgan fingerprint density at radius 3 is 2.62 bits per heavy atom. The molecule has 0 spiro atoms. The molecule has 0 saturated carbocycles. The molecule has 3 rings (SSSR count). The minimum absolute atomic E-state index is 0.242. The molecule has 1 aliphatic heterocycles. The highest BCUT2D eigenvalue weighted by Crippen LogP contribution is 2.31. The van der Waals surface area contributed by atoms with Crippen LogP contribution < -0.4 is 0 Å². The smallest absolute Gasteiger partial charge is 0.145 e. The van der Waals surface area contributed by atoms with Crippen LogP contribution in [0.4, 0.5) is 0 Å². The molecule has 2 heterocycles. The summed E-state index contributed by atoms with van der Waals surface area (Å²) in [7, 11) is 0. The Hall–Kier alpha value is -1.94. The first-order chi connectivity index (χ1) is 10.2. The van der Waals surface area contributed by atoms with Gasteiger partial charge in [0.25, 0.3) is 0 Å². The van der Waals surface area contributed by atoms with Gasteiger partial charge in [0.15, 0.2) is 0 Å². The number of likely N-dealkylation sites (tertiary alicyclic amines) is 1. The average Bonchev–Trinajstić information content (AvgIpc) is 2.56. The number of nitrogens with zero attached hydrogens (tertiary/aromatic N) is 3. The van der Waals surface area contributed by atoms with Gasteiger partial charge >= 0.3 is 0 Å². The van der Waals surface area contributed by atoms with Crippen molar-refractivity contribution in [1.29, 1.82) is 0 Å². The van der Waals surface area contributed by atoms with Crippen LogP contribution in [0.2, 0.25) is 0 Å². The molecule has 1 aromatic heterocycles. The normalized spacial score (nSPS) is 21.1. The number of hydrogen-bond donors (Lipinski definition) is 1. The Kier molecular flexibility index (Phi) is 4.15. The minimum atomic E-state index is 0.242. The van der Waals surface area contributed by atoms with Crippen molar-refractivity contribution < 1.29 is 5.11 Å². The maximum atomic E-state index is 9.42. The molecule has 110 valence electrons. The molecule has 1 aromatic carbocycles. The van der Waals surface area contributed by atoms with Gasteiger partial charge in [-0.25, -0.2) is 9.97 Å². The molecule has 0 radical (unpaired) electrons. The summed E-state index contributed by atoms with van der Waals surface area (Å²) in [5, 5.41) is 9.42. The summed E-state index contributed by atoms with van der Waals surface area (Å²) in [6, 6.07) is 9.72. The molecule has 21 heavy (non-hydrogen) atoms. The van der Waals surface area contributed by atoms with Crippen molar-refractivity contribution in [3.05, 3.63) is 54.1 Å². The van der Waals surface area contributed by atoms with E-state index in [9.17, 15) is 5.11 Å². The van der Waals surface area contributed by atoms with E-state index in [1.807, 2.05) is 18.2 Å². The van der Waals surface area contributed by atoms with Crippen LogP contribution in [-0.2, 0) is 0 Å². The molecule has 0 unspecified atom stereocenters. The number of aromatic nitrogens is 2. The molecule has 4 nitrogen and oxygen atoms in total. The van der Waals surface area contributed by atoms with Crippen molar-refractivity contribution in [2.45, 2.75) is 31.7 Å². The first-order valence-corrected chi connectivity index (χ1v) is 7.54. The third kappa shape index (κ3) is 3.22. The standard InChI is InChI=1S/C17H21N3O/c1-13(17-18-9-3-10-19-17)20-11-2-4-15(12-20)14-5-7-16(21)8-6-14/h3,5-10,13,15,21H,2,4,11-12H2,1H3/t13-,15+/m1/s1. The second kappa shape index (κ2) is 6.22. The second-order valence-corrected chi connectivity index (χ2v) is 5.71. The molecule has 2 atom stereocenters. The number of benzene rings is 1. The van der Waals surface area contributed by atoms with Crippen LogP contribution in [0.5, 0.6) is 5.75 Å². The molecule has 0 bridgehead atoms. The summed E-state index contributed by atoms with van der Waals surface area (Å²) in [4.78, 5) is 11.2. The van der Waals surface area contributed by atoms with Crippen molar-refractivity contribution in [3.63, 3.8) is 0 Å². The number of phenols is 1. The first-order valence-electron chi connectivity index (χ1n) is 7.54. The summed E-state index contributed by atoms with van der Waals surface area (Å²) in [6.07, 6.45) is 5.99. The molecule has 0 amide bonds. The van der Waals surface area contributed by atoms with Gasteiger partial charge in [-0.15, -0.1) is 0 Å². The topological polar surface area (TPSA) is 49.2 Å². The largest absolute Gasteiger partial charge is 0.508 e. The van der Waals surface area contributed by atoms with E-state index in [1.54, 1.807) is 24.5 Å². The van der Waals surface area contributed by atoms with E-state index < -0.39 is 0 Å². The van der Waals surface area contributed by atoms with E-state index in [0.717, 1.165) is 18.9 Å². The van der Waals surface area contributed by atoms with Crippen LogP contribution in [0.25, 0.3) is 0 Å². The lowest BCUT2D eigenvalue weighted by Gasteiger charge is -2.36. The van der Waals surface area contributed by atoms with Gasteiger partial charge in [-0.1, -0.05) is 12.1 Å². The number of phenolic OH excluding ortho intramolecular Hbond substituents is 1. The highest BCUT2D eigenvalue weighted by molar-refractivity contribution is 5.28. The Morgan fingerprint density at radius 1 is 1.19 bits per heavy atom. The maximum absolute atomic E-state index is 9.42. The molecule has 2 aromatic rings. The van der Waals surface area contributed by atoms with Gasteiger partial charge in [0, 0.05) is 18.9 Å². The molecule has 4 heteroatoms. The van der Waals surface area contributed by atoms with Gasteiger partial charge in [-0.2, -0.15) is 0 Å². The molecule has 1 fully saturated rings. The highest BCUT2D eigenvalue weighted by Gasteiger charge is 2.26. The predicted molar refractivity (Wildman–Crippen MR) is 82.1 cm³/mol. The summed E-state index contributed by atoms with van der Waals surface area (Å²) < 4.78 is 0. The van der Waals surface area contributed by atoms with Crippen molar-refractivity contribution in [1.82, 2.24) is 14.9 Å². The minimum Gasteiger partial charge on any atom is -0.508 e. The number of rotatable bonds is 3. The zero-order valence-electron chi connectivity index (χ0n) is 12.3. The van der Waals surface area contributed by atoms with Gasteiger partial charge in [0.1, 0.15) is 11.6 Å². The Bertz CT molecular complexity index is 570. The summed E-state index contributed by atoms with van der Waals surface area (Å²) >= 11 is 0. The number of aromatic hydroxyl groups is 1.